The molecule has 3 heteroatoms. The molecule has 1 amide bonds. The summed E-state index contributed by atoms with van der Waals surface area (Å²) in [4.78, 5) is 27.4. The molecular formula is C21H21NO2. The molecule has 0 aromatic heterocycles. The van der Waals surface area contributed by atoms with Gasteiger partial charge >= 0.3 is 0 Å². The number of fused-ring (bicyclic) bond motifs is 3. The Hall–Kier alpha value is -2.42. The number of benzene rings is 2. The Kier molecular flexibility index (Phi) is 3.52. The molecular weight excluding hydrogens is 298 g/mol. The molecule has 3 nitrogen and oxygen atoms in total. The van der Waals surface area contributed by atoms with Gasteiger partial charge in [0.15, 0.2) is 5.78 Å². The molecule has 0 N–H and O–H groups in total. The summed E-state index contributed by atoms with van der Waals surface area (Å²) in [5.41, 5.74) is 3.91. The van der Waals surface area contributed by atoms with Crippen molar-refractivity contribution >= 4 is 11.7 Å². The molecule has 2 aromatic rings. The highest BCUT2D eigenvalue weighted by molar-refractivity contribution is 6.22. The number of amides is 1. The highest BCUT2D eigenvalue weighted by Crippen LogP contribution is 2.37. The van der Waals surface area contributed by atoms with Gasteiger partial charge in [0.05, 0.1) is 0 Å². The maximum absolute atomic E-state index is 12.9. The fourth-order valence-electron chi connectivity index (χ4n) is 4.17. The van der Waals surface area contributed by atoms with Gasteiger partial charge in [-0.25, -0.2) is 0 Å². The van der Waals surface area contributed by atoms with Crippen LogP contribution in [0.4, 0.5) is 0 Å². The van der Waals surface area contributed by atoms with Crippen LogP contribution in [0.25, 0.3) is 11.1 Å². The first-order valence-electron chi connectivity index (χ1n) is 8.62. The molecule has 2 aliphatic rings. The molecule has 24 heavy (non-hydrogen) atoms. The summed E-state index contributed by atoms with van der Waals surface area (Å²) in [6, 6.07) is 13.2. The first-order chi connectivity index (χ1) is 11.5. The Labute approximate surface area is 142 Å². The minimum absolute atomic E-state index is 0.0237. The molecule has 2 atom stereocenters. The third kappa shape index (κ3) is 2.35. The van der Waals surface area contributed by atoms with Crippen molar-refractivity contribution in [1.29, 1.82) is 0 Å². The summed E-state index contributed by atoms with van der Waals surface area (Å²) < 4.78 is 0. The quantitative estimate of drug-likeness (QED) is 0.679. The summed E-state index contributed by atoms with van der Waals surface area (Å²) in [6.45, 7) is 5.99. The van der Waals surface area contributed by atoms with Crippen LogP contribution in [0, 0.1) is 11.8 Å². The van der Waals surface area contributed by atoms with Crippen molar-refractivity contribution in [2.75, 3.05) is 13.1 Å². The molecule has 2 unspecified atom stereocenters. The fraction of sp³-hybridized carbons (Fsp3) is 0.333. The van der Waals surface area contributed by atoms with E-state index in [0.29, 0.717) is 23.0 Å². The van der Waals surface area contributed by atoms with Gasteiger partial charge in [0.25, 0.3) is 5.91 Å². The van der Waals surface area contributed by atoms with Crippen LogP contribution in [-0.2, 0) is 0 Å². The second-order valence-corrected chi connectivity index (χ2v) is 7.29. The molecule has 1 fully saturated rings. The molecule has 0 saturated carbocycles. The Bertz CT molecular complexity index is 829. The highest BCUT2D eigenvalue weighted by atomic mass is 16.2. The standard InChI is InChI=1S/C21H21NO2/c1-13-9-14(2)12-22(11-13)21(24)15-7-8-17-16-5-3-4-6-18(16)20(23)19(17)10-15/h3-8,10,13-14H,9,11-12H2,1-2H3. The fourth-order valence-corrected chi connectivity index (χ4v) is 4.17. The van der Waals surface area contributed by atoms with E-state index in [2.05, 4.69) is 13.8 Å². The topological polar surface area (TPSA) is 37.4 Å². The van der Waals surface area contributed by atoms with Crippen molar-refractivity contribution in [1.82, 2.24) is 4.90 Å². The normalized spacial score (nSPS) is 22.2. The van der Waals surface area contributed by atoms with Crippen molar-refractivity contribution in [3.05, 3.63) is 59.2 Å². The summed E-state index contributed by atoms with van der Waals surface area (Å²) in [5.74, 6) is 1.12. The molecule has 1 aliphatic carbocycles. The highest BCUT2D eigenvalue weighted by Gasteiger charge is 2.30. The van der Waals surface area contributed by atoms with Gasteiger partial charge in [-0.3, -0.25) is 9.59 Å². The molecule has 122 valence electrons. The Morgan fingerprint density at radius 2 is 1.54 bits per heavy atom. The van der Waals surface area contributed by atoms with Crippen molar-refractivity contribution in [3.63, 3.8) is 0 Å². The van der Waals surface area contributed by atoms with Crippen LogP contribution in [0.5, 0.6) is 0 Å². The lowest BCUT2D eigenvalue weighted by atomic mass is 9.91. The van der Waals surface area contributed by atoms with Gasteiger partial charge in [-0.2, -0.15) is 0 Å². The van der Waals surface area contributed by atoms with Crippen LogP contribution in [0.3, 0.4) is 0 Å². The lowest BCUT2D eigenvalue weighted by Gasteiger charge is -2.35. The molecule has 4 rings (SSSR count). The summed E-state index contributed by atoms with van der Waals surface area (Å²) in [7, 11) is 0. The predicted octanol–water partition coefficient (Wildman–Crippen LogP) is 4.02. The van der Waals surface area contributed by atoms with E-state index in [9.17, 15) is 9.59 Å². The molecule has 1 heterocycles. The number of hydrogen-bond donors (Lipinski definition) is 0. The number of nitrogens with zero attached hydrogens (tertiary/aromatic N) is 1. The van der Waals surface area contributed by atoms with Gasteiger partial charge in [0.1, 0.15) is 0 Å². The Morgan fingerprint density at radius 1 is 0.917 bits per heavy atom. The number of hydrogen-bond acceptors (Lipinski definition) is 2. The van der Waals surface area contributed by atoms with Gasteiger partial charge in [-0.1, -0.05) is 44.2 Å². The van der Waals surface area contributed by atoms with E-state index in [1.165, 1.54) is 6.42 Å². The average Bonchev–Trinajstić information content (AvgIpc) is 2.86. The third-order valence-electron chi connectivity index (χ3n) is 5.13. The molecule has 0 radical (unpaired) electrons. The van der Waals surface area contributed by atoms with Gasteiger partial charge in [-0.05, 0) is 41.5 Å². The van der Waals surface area contributed by atoms with Gasteiger partial charge in [0, 0.05) is 29.8 Å². The van der Waals surface area contributed by atoms with E-state index in [1.54, 1.807) is 6.07 Å². The molecule has 1 aliphatic heterocycles. The van der Waals surface area contributed by atoms with Crippen LogP contribution in [-0.4, -0.2) is 29.7 Å². The molecule has 2 aromatic carbocycles. The molecule has 1 saturated heterocycles. The monoisotopic (exact) mass is 319 g/mol. The Balaban J connectivity index is 1.68. The minimum Gasteiger partial charge on any atom is -0.338 e. The largest absolute Gasteiger partial charge is 0.338 e. The van der Waals surface area contributed by atoms with E-state index >= 15 is 0 Å². The number of ketones is 1. The summed E-state index contributed by atoms with van der Waals surface area (Å²) in [5, 5.41) is 0. The van der Waals surface area contributed by atoms with Crippen LogP contribution >= 0.6 is 0 Å². The van der Waals surface area contributed by atoms with E-state index in [4.69, 9.17) is 0 Å². The number of carbonyl (C=O) groups excluding carboxylic acids is 2. The van der Waals surface area contributed by atoms with Gasteiger partial charge in [0.2, 0.25) is 0 Å². The van der Waals surface area contributed by atoms with E-state index in [-0.39, 0.29) is 11.7 Å². The summed E-state index contributed by atoms with van der Waals surface area (Å²) >= 11 is 0. The number of likely N-dealkylation sites (tertiary alicyclic amines) is 1. The first kappa shape index (κ1) is 15.1. The minimum atomic E-state index is 0.0237. The van der Waals surface area contributed by atoms with E-state index in [1.807, 2.05) is 41.3 Å². The number of rotatable bonds is 1. The smallest absolute Gasteiger partial charge is 0.253 e. The second kappa shape index (κ2) is 5.59. The van der Waals surface area contributed by atoms with Crippen LogP contribution in [0.2, 0.25) is 0 Å². The van der Waals surface area contributed by atoms with Crippen LogP contribution in [0.1, 0.15) is 46.5 Å². The second-order valence-electron chi connectivity index (χ2n) is 7.29. The maximum Gasteiger partial charge on any atom is 0.253 e. The van der Waals surface area contributed by atoms with Gasteiger partial charge < -0.3 is 4.90 Å². The SMILES string of the molecule is CC1CC(C)CN(C(=O)c2ccc3c(c2)C(=O)c2ccccc2-3)C1. The zero-order valence-corrected chi connectivity index (χ0v) is 14.1. The van der Waals surface area contributed by atoms with Crippen LogP contribution in [0.15, 0.2) is 42.5 Å². The third-order valence-corrected chi connectivity index (χ3v) is 5.13. The lowest BCUT2D eigenvalue weighted by molar-refractivity contribution is 0.0623. The summed E-state index contributed by atoms with van der Waals surface area (Å²) in [6.07, 6.45) is 1.17. The van der Waals surface area contributed by atoms with E-state index in [0.717, 1.165) is 29.8 Å². The molecule has 0 bridgehead atoms. The lowest BCUT2D eigenvalue weighted by Crippen LogP contribution is -2.42. The predicted molar refractivity (Wildman–Crippen MR) is 94.2 cm³/mol. The first-order valence-corrected chi connectivity index (χ1v) is 8.62. The van der Waals surface area contributed by atoms with E-state index < -0.39 is 0 Å². The van der Waals surface area contributed by atoms with Crippen molar-refractivity contribution in [2.45, 2.75) is 20.3 Å². The zero-order valence-electron chi connectivity index (χ0n) is 14.1. The molecule has 0 spiro atoms. The average molecular weight is 319 g/mol. The van der Waals surface area contributed by atoms with Crippen molar-refractivity contribution in [2.24, 2.45) is 11.8 Å². The van der Waals surface area contributed by atoms with Crippen molar-refractivity contribution in [3.8, 4) is 11.1 Å². The van der Waals surface area contributed by atoms with Crippen LogP contribution < -0.4 is 0 Å². The maximum atomic E-state index is 12.9. The van der Waals surface area contributed by atoms with Crippen molar-refractivity contribution < 1.29 is 9.59 Å². The Morgan fingerprint density at radius 3 is 2.25 bits per heavy atom. The number of piperidine rings is 1. The zero-order chi connectivity index (χ0) is 16.8. The van der Waals surface area contributed by atoms with Gasteiger partial charge in [-0.15, -0.1) is 0 Å². The number of carbonyl (C=O) groups is 2.